The molecular formula is C13H20O4S2. The van der Waals surface area contributed by atoms with Crippen molar-refractivity contribution in [2.24, 2.45) is 11.8 Å². The number of thioether (sulfide) groups is 2. The number of aliphatic hydroxyl groups excluding tert-OH is 1. The summed E-state index contributed by atoms with van der Waals surface area (Å²) >= 11 is 3.58. The lowest BCUT2D eigenvalue weighted by molar-refractivity contribution is -0.217. The zero-order valence-electron chi connectivity index (χ0n) is 10.9. The van der Waals surface area contributed by atoms with Crippen molar-refractivity contribution in [2.75, 3.05) is 36.2 Å². The van der Waals surface area contributed by atoms with Gasteiger partial charge in [-0.3, -0.25) is 4.79 Å². The highest BCUT2D eigenvalue weighted by Crippen LogP contribution is 2.43. The SMILES string of the molecule is O=C1CCSC[C@H]1[C@H](O)[C@@H]1CSCCC12OCCO2. The molecule has 3 saturated heterocycles. The molecule has 3 fully saturated rings. The molecule has 0 aliphatic carbocycles. The number of hydrogen-bond donors (Lipinski definition) is 1. The van der Waals surface area contributed by atoms with Gasteiger partial charge in [-0.15, -0.1) is 0 Å². The third-order valence-electron chi connectivity index (χ3n) is 4.26. The Bertz CT molecular complexity index is 344. The Morgan fingerprint density at radius 1 is 1.21 bits per heavy atom. The first-order chi connectivity index (χ1) is 9.23. The third kappa shape index (κ3) is 2.70. The van der Waals surface area contributed by atoms with Gasteiger partial charge in [-0.2, -0.15) is 23.5 Å². The number of rotatable bonds is 2. The van der Waals surface area contributed by atoms with Gasteiger partial charge in [-0.25, -0.2) is 0 Å². The van der Waals surface area contributed by atoms with Crippen LogP contribution in [0.1, 0.15) is 12.8 Å². The predicted octanol–water partition coefficient (Wildman–Crippen LogP) is 1.17. The van der Waals surface area contributed by atoms with E-state index in [-0.39, 0.29) is 17.6 Å². The highest BCUT2D eigenvalue weighted by atomic mass is 32.2. The highest BCUT2D eigenvalue weighted by molar-refractivity contribution is 7.99. The summed E-state index contributed by atoms with van der Waals surface area (Å²) in [4.78, 5) is 12.0. The number of carbonyl (C=O) groups excluding carboxylic acids is 1. The zero-order valence-corrected chi connectivity index (χ0v) is 12.5. The van der Waals surface area contributed by atoms with Gasteiger partial charge in [-0.05, 0) is 5.75 Å². The maximum Gasteiger partial charge on any atom is 0.175 e. The van der Waals surface area contributed by atoms with Crippen LogP contribution in [-0.2, 0) is 14.3 Å². The van der Waals surface area contributed by atoms with Crippen molar-refractivity contribution in [3.63, 3.8) is 0 Å². The Kier molecular flexibility index (Phi) is 4.43. The molecular weight excluding hydrogens is 284 g/mol. The fourth-order valence-corrected chi connectivity index (χ4v) is 5.61. The lowest BCUT2D eigenvalue weighted by Crippen LogP contribution is -2.53. The van der Waals surface area contributed by atoms with Crippen LogP contribution >= 0.6 is 23.5 Å². The molecule has 6 heteroatoms. The van der Waals surface area contributed by atoms with Gasteiger partial charge in [0.2, 0.25) is 0 Å². The Balaban J connectivity index is 1.76. The molecule has 0 aromatic heterocycles. The minimum absolute atomic E-state index is 0.0820. The summed E-state index contributed by atoms with van der Waals surface area (Å²) in [6.45, 7) is 1.20. The van der Waals surface area contributed by atoms with E-state index in [9.17, 15) is 9.90 Å². The van der Waals surface area contributed by atoms with E-state index in [1.165, 1.54) is 0 Å². The average molecular weight is 304 g/mol. The van der Waals surface area contributed by atoms with Crippen LogP contribution < -0.4 is 0 Å². The van der Waals surface area contributed by atoms with E-state index in [0.29, 0.717) is 19.6 Å². The molecule has 0 unspecified atom stereocenters. The lowest BCUT2D eigenvalue weighted by Gasteiger charge is -2.43. The van der Waals surface area contributed by atoms with Gasteiger partial charge < -0.3 is 14.6 Å². The van der Waals surface area contributed by atoms with Crippen LogP contribution in [0.5, 0.6) is 0 Å². The van der Waals surface area contributed by atoms with Gasteiger partial charge in [0.15, 0.2) is 5.79 Å². The van der Waals surface area contributed by atoms with E-state index in [0.717, 1.165) is 29.4 Å². The summed E-state index contributed by atoms with van der Waals surface area (Å²) in [6.07, 6.45) is 0.764. The summed E-state index contributed by atoms with van der Waals surface area (Å²) in [5.41, 5.74) is 0. The molecule has 1 spiro atoms. The molecule has 0 amide bonds. The van der Waals surface area contributed by atoms with Crippen LogP contribution in [0.25, 0.3) is 0 Å². The minimum Gasteiger partial charge on any atom is -0.392 e. The maximum absolute atomic E-state index is 12.0. The van der Waals surface area contributed by atoms with E-state index in [1.807, 2.05) is 11.8 Å². The summed E-state index contributed by atoms with van der Waals surface area (Å²) in [5, 5.41) is 10.7. The van der Waals surface area contributed by atoms with Gasteiger partial charge in [0.1, 0.15) is 5.78 Å². The van der Waals surface area contributed by atoms with Crippen LogP contribution in [0.3, 0.4) is 0 Å². The first kappa shape index (κ1) is 14.2. The number of ketones is 1. The number of aliphatic hydroxyl groups is 1. The highest BCUT2D eigenvalue weighted by Gasteiger charge is 2.51. The number of Topliss-reactive ketones (excluding diaryl/α,β-unsaturated/α-hetero) is 1. The van der Waals surface area contributed by atoms with E-state index >= 15 is 0 Å². The second-order valence-corrected chi connectivity index (χ2v) is 7.63. The Morgan fingerprint density at radius 3 is 2.68 bits per heavy atom. The van der Waals surface area contributed by atoms with Crippen molar-refractivity contribution in [3.05, 3.63) is 0 Å². The summed E-state index contributed by atoms with van der Waals surface area (Å²) in [5.74, 6) is 2.68. The van der Waals surface area contributed by atoms with Gasteiger partial charge in [0, 0.05) is 36.0 Å². The third-order valence-corrected chi connectivity index (χ3v) is 6.44. The standard InChI is InChI=1S/C13H20O4S2/c14-11-1-5-18-7-9(11)12(15)10-8-19-6-2-13(10)16-3-4-17-13/h9-10,12,15H,1-8H2/t9-,10+,12+/m1/s1. The Labute approximate surface area is 122 Å². The molecule has 3 aliphatic heterocycles. The topological polar surface area (TPSA) is 55.8 Å². The monoisotopic (exact) mass is 304 g/mol. The molecule has 3 aliphatic rings. The normalized spacial score (nSPS) is 36.6. The maximum atomic E-state index is 12.0. The molecule has 3 heterocycles. The molecule has 3 atom stereocenters. The zero-order chi connectivity index (χ0) is 13.3. The smallest absolute Gasteiger partial charge is 0.175 e. The van der Waals surface area contributed by atoms with Gasteiger partial charge in [-0.1, -0.05) is 0 Å². The average Bonchev–Trinajstić information content (AvgIpc) is 2.88. The number of hydrogen-bond acceptors (Lipinski definition) is 6. The quantitative estimate of drug-likeness (QED) is 0.826. The van der Waals surface area contributed by atoms with Crippen molar-refractivity contribution < 1.29 is 19.4 Å². The van der Waals surface area contributed by atoms with Gasteiger partial charge in [0.25, 0.3) is 0 Å². The fraction of sp³-hybridized carbons (Fsp3) is 0.923. The molecule has 0 bridgehead atoms. The Hall–Kier alpha value is 0.250. The molecule has 0 aromatic carbocycles. The van der Waals surface area contributed by atoms with Crippen LogP contribution in [0.2, 0.25) is 0 Å². The van der Waals surface area contributed by atoms with Crippen LogP contribution in [-0.4, -0.2) is 59.0 Å². The molecule has 0 radical (unpaired) electrons. The molecule has 1 N–H and O–H groups in total. The van der Waals surface area contributed by atoms with E-state index in [4.69, 9.17) is 9.47 Å². The van der Waals surface area contributed by atoms with Gasteiger partial charge in [0.05, 0.1) is 25.2 Å². The van der Waals surface area contributed by atoms with Crippen LogP contribution in [0, 0.1) is 11.8 Å². The van der Waals surface area contributed by atoms with Crippen LogP contribution in [0.15, 0.2) is 0 Å². The Morgan fingerprint density at radius 2 is 1.95 bits per heavy atom. The molecule has 4 nitrogen and oxygen atoms in total. The molecule has 19 heavy (non-hydrogen) atoms. The molecule has 3 rings (SSSR count). The van der Waals surface area contributed by atoms with Crippen molar-refractivity contribution in [2.45, 2.75) is 24.7 Å². The van der Waals surface area contributed by atoms with Crippen molar-refractivity contribution in [3.8, 4) is 0 Å². The largest absolute Gasteiger partial charge is 0.392 e. The molecule has 0 aromatic rings. The van der Waals surface area contributed by atoms with Crippen molar-refractivity contribution >= 4 is 29.3 Å². The van der Waals surface area contributed by atoms with Gasteiger partial charge >= 0.3 is 0 Å². The first-order valence-electron chi connectivity index (χ1n) is 6.87. The number of carbonyl (C=O) groups is 1. The van der Waals surface area contributed by atoms with Crippen LogP contribution in [0.4, 0.5) is 0 Å². The minimum atomic E-state index is -0.633. The fourth-order valence-electron chi connectivity index (χ4n) is 3.16. The van der Waals surface area contributed by atoms with Crippen molar-refractivity contribution in [1.29, 1.82) is 0 Å². The second-order valence-electron chi connectivity index (χ2n) is 5.33. The lowest BCUT2D eigenvalue weighted by atomic mass is 9.82. The summed E-state index contributed by atoms with van der Waals surface area (Å²) in [7, 11) is 0. The van der Waals surface area contributed by atoms with E-state index < -0.39 is 11.9 Å². The second kappa shape index (κ2) is 5.93. The summed E-state index contributed by atoms with van der Waals surface area (Å²) < 4.78 is 11.7. The van der Waals surface area contributed by atoms with Crippen molar-refractivity contribution in [1.82, 2.24) is 0 Å². The number of ether oxygens (including phenoxy) is 2. The molecule has 108 valence electrons. The van der Waals surface area contributed by atoms with E-state index in [1.54, 1.807) is 11.8 Å². The first-order valence-corrected chi connectivity index (χ1v) is 9.18. The van der Waals surface area contributed by atoms with E-state index in [2.05, 4.69) is 0 Å². The predicted molar refractivity (Wildman–Crippen MR) is 76.5 cm³/mol. The summed E-state index contributed by atoms with van der Waals surface area (Å²) in [6, 6.07) is 0. The molecule has 0 saturated carbocycles.